The van der Waals surface area contributed by atoms with Crippen LogP contribution < -0.4 is 5.32 Å². The van der Waals surface area contributed by atoms with Gasteiger partial charge in [0.05, 0.1) is 21.1 Å². The molecular formula is C15H17F3N2S. The van der Waals surface area contributed by atoms with Crippen molar-refractivity contribution in [1.82, 2.24) is 4.98 Å². The minimum atomic E-state index is -4.04. The molecule has 0 aliphatic heterocycles. The highest BCUT2D eigenvalue weighted by molar-refractivity contribution is 7.18. The number of benzene rings is 1. The largest absolute Gasteiger partial charge is 0.391 e. The molecule has 0 bridgehead atoms. The molecule has 0 radical (unpaired) electrons. The molecule has 1 heterocycles. The van der Waals surface area contributed by atoms with E-state index >= 15 is 0 Å². The minimum Gasteiger partial charge on any atom is -0.382 e. The van der Waals surface area contributed by atoms with Gasteiger partial charge in [0.25, 0.3) is 0 Å². The summed E-state index contributed by atoms with van der Waals surface area (Å²) in [6, 6.07) is 6.09. The Labute approximate surface area is 125 Å². The van der Waals surface area contributed by atoms with E-state index in [1.54, 1.807) is 11.3 Å². The van der Waals surface area contributed by atoms with Gasteiger partial charge in [-0.2, -0.15) is 13.2 Å². The highest BCUT2D eigenvalue weighted by Crippen LogP contribution is 2.38. The van der Waals surface area contributed by atoms with Crippen LogP contribution in [0.3, 0.4) is 0 Å². The van der Waals surface area contributed by atoms with Crippen molar-refractivity contribution in [2.75, 3.05) is 5.32 Å². The number of nitrogens with zero attached hydrogens (tertiary/aromatic N) is 1. The molecule has 1 saturated carbocycles. The molecule has 0 amide bonds. The number of fused-ring (bicyclic) bond motifs is 1. The lowest BCUT2D eigenvalue weighted by Crippen LogP contribution is -2.32. The number of aryl methyl sites for hydroxylation is 1. The van der Waals surface area contributed by atoms with Crippen LogP contribution in [0.2, 0.25) is 0 Å². The minimum absolute atomic E-state index is 0.134. The maximum absolute atomic E-state index is 12.6. The Kier molecular flexibility index (Phi) is 3.82. The summed E-state index contributed by atoms with van der Waals surface area (Å²) in [5, 5.41) is 4.39. The summed E-state index contributed by atoms with van der Waals surface area (Å²) in [6.07, 6.45) is -2.44. The summed E-state index contributed by atoms with van der Waals surface area (Å²) in [5.74, 6) is -1.12. The van der Waals surface area contributed by atoms with Crippen LogP contribution in [-0.4, -0.2) is 17.2 Å². The summed E-state index contributed by atoms with van der Waals surface area (Å²) >= 11 is 1.63. The van der Waals surface area contributed by atoms with Crippen LogP contribution in [0, 0.1) is 12.8 Å². The maximum atomic E-state index is 12.6. The van der Waals surface area contributed by atoms with E-state index in [1.165, 1.54) is 0 Å². The summed E-state index contributed by atoms with van der Waals surface area (Å²) in [5.41, 5.74) is 1.95. The third-order valence-electron chi connectivity index (χ3n) is 4.06. The third-order valence-corrected chi connectivity index (χ3v) is 4.99. The first-order valence-electron chi connectivity index (χ1n) is 7.12. The number of anilines is 1. The quantitative estimate of drug-likeness (QED) is 0.830. The maximum Gasteiger partial charge on any atom is 0.391 e. The van der Waals surface area contributed by atoms with Gasteiger partial charge in [0, 0.05) is 11.7 Å². The Morgan fingerprint density at radius 3 is 2.57 bits per heavy atom. The van der Waals surface area contributed by atoms with Crippen molar-refractivity contribution in [1.29, 1.82) is 0 Å². The Balaban J connectivity index is 1.64. The molecule has 114 valence electrons. The number of rotatable bonds is 2. The second-order valence-electron chi connectivity index (χ2n) is 5.65. The molecule has 1 aliphatic carbocycles. The molecule has 21 heavy (non-hydrogen) atoms. The lowest BCUT2D eigenvalue weighted by atomic mass is 9.85. The molecule has 3 rings (SSSR count). The van der Waals surface area contributed by atoms with Crippen LogP contribution in [0.25, 0.3) is 10.2 Å². The van der Waals surface area contributed by atoms with Crippen LogP contribution in [0.5, 0.6) is 0 Å². The van der Waals surface area contributed by atoms with Gasteiger partial charge in [-0.3, -0.25) is 0 Å². The van der Waals surface area contributed by atoms with E-state index in [0.717, 1.165) is 20.9 Å². The van der Waals surface area contributed by atoms with Crippen molar-refractivity contribution in [3.8, 4) is 0 Å². The molecule has 2 aromatic rings. The molecule has 1 aromatic carbocycles. The number of hydrogen-bond donors (Lipinski definition) is 1. The van der Waals surface area contributed by atoms with E-state index in [-0.39, 0.29) is 18.9 Å². The van der Waals surface area contributed by atoms with Gasteiger partial charge in [-0.25, -0.2) is 4.98 Å². The zero-order valence-corrected chi connectivity index (χ0v) is 12.5. The number of alkyl halides is 3. The zero-order chi connectivity index (χ0) is 15.0. The second-order valence-corrected chi connectivity index (χ2v) is 6.88. The Morgan fingerprint density at radius 1 is 1.19 bits per heavy atom. The van der Waals surface area contributed by atoms with Crippen molar-refractivity contribution in [2.24, 2.45) is 5.92 Å². The van der Waals surface area contributed by atoms with Gasteiger partial charge in [0.15, 0.2) is 0 Å². The lowest BCUT2D eigenvalue weighted by Gasteiger charge is -2.30. The Morgan fingerprint density at radius 2 is 1.90 bits per heavy atom. The van der Waals surface area contributed by atoms with Gasteiger partial charge >= 0.3 is 6.18 Å². The average molecular weight is 314 g/mol. The van der Waals surface area contributed by atoms with E-state index in [4.69, 9.17) is 0 Å². The van der Waals surface area contributed by atoms with Crippen molar-refractivity contribution >= 4 is 27.2 Å². The highest BCUT2D eigenvalue weighted by atomic mass is 32.1. The van der Waals surface area contributed by atoms with Crippen LogP contribution in [0.4, 0.5) is 18.9 Å². The van der Waals surface area contributed by atoms with Gasteiger partial charge in [-0.1, -0.05) is 0 Å². The number of thiazole rings is 1. The molecule has 0 atom stereocenters. The van der Waals surface area contributed by atoms with Gasteiger partial charge < -0.3 is 5.32 Å². The normalized spacial score (nSPS) is 23.4. The molecule has 0 spiro atoms. The van der Waals surface area contributed by atoms with Gasteiger partial charge in [0.1, 0.15) is 0 Å². The smallest absolute Gasteiger partial charge is 0.382 e. The topological polar surface area (TPSA) is 24.9 Å². The third kappa shape index (κ3) is 3.31. The standard InChI is InChI=1S/C15H17F3N2S/c1-9-19-13-7-6-12(8-14(13)21-9)20-11-4-2-10(3-5-11)15(16,17)18/h6-8,10-11,20H,2-5H2,1H3. The first-order valence-corrected chi connectivity index (χ1v) is 7.94. The van der Waals surface area contributed by atoms with Crippen LogP contribution in [-0.2, 0) is 0 Å². The van der Waals surface area contributed by atoms with E-state index in [0.29, 0.717) is 12.8 Å². The summed E-state index contributed by atoms with van der Waals surface area (Å²) < 4.78 is 39.1. The molecule has 1 fully saturated rings. The molecule has 0 unspecified atom stereocenters. The summed E-state index contributed by atoms with van der Waals surface area (Å²) in [7, 11) is 0. The monoisotopic (exact) mass is 314 g/mol. The molecule has 0 saturated heterocycles. The fraction of sp³-hybridized carbons (Fsp3) is 0.533. The number of hydrogen-bond acceptors (Lipinski definition) is 3. The van der Waals surface area contributed by atoms with E-state index in [2.05, 4.69) is 10.3 Å². The van der Waals surface area contributed by atoms with Crippen LogP contribution in [0.1, 0.15) is 30.7 Å². The van der Waals surface area contributed by atoms with Gasteiger partial charge in [-0.15, -0.1) is 11.3 Å². The van der Waals surface area contributed by atoms with Crippen molar-refractivity contribution < 1.29 is 13.2 Å². The Bertz CT molecular complexity index is 627. The molecule has 1 aliphatic rings. The zero-order valence-electron chi connectivity index (χ0n) is 11.7. The first-order chi connectivity index (χ1) is 9.91. The van der Waals surface area contributed by atoms with Crippen LogP contribution in [0.15, 0.2) is 18.2 Å². The molecule has 6 heteroatoms. The van der Waals surface area contributed by atoms with Gasteiger partial charge in [0.2, 0.25) is 0 Å². The van der Waals surface area contributed by atoms with Gasteiger partial charge in [-0.05, 0) is 50.8 Å². The predicted molar refractivity (Wildman–Crippen MR) is 79.8 cm³/mol. The fourth-order valence-corrected chi connectivity index (χ4v) is 3.80. The van der Waals surface area contributed by atoms with E-state index in [1.807, 2.05) is 25.1 Å². The number of halogens is 3. The fourth-order valence-electron chi connectivity index (χ4n) is 2.93. The average Bonchev–Trinajstić information content (AvgIpc) is 2.78. The molecular weight excluding hydrogens is 297 g/mol. The summed E-state index contributed by atoms with van der Waals surface area (Å²) in [6.45, 7) is 1.97. The van der Waals surface area contributed by atoms with Crippen molar-refractivity contribution in [2.45, 2.75) is 44.8 Å². The van der Waals surface area contributed by atoms with Crippen molar-refractivity contribution in [3.63, 3.8) is 0 Å². The number of aromatic nitrogens is 1. The SMILES string of the molecule is Cc1nc2ccc(NC3CCC(C(F)(F)F)CC3)cc2s1. The predicted octanol–water partition coefficient (Wildman–Crippen LogP) is 5.14. The molecule has 2 nitrogen and oxygen atoms in total. The summed E-state index contributed by atoms with van der Waals surface area (Å²) in [4.78, 5) is 4.40. The first kappa shape index (κ1) is 14.6. The van der Waals surface area contributed by atoms with E-state index in [9.17, 15) is 13.2 Å². The highest BCUT2D eigenvalue weighted by Gasteiger charge is 2.41. The molecule has 1 N–H and O–H groups in total. The number of nitrogens with one attached hydrogen (secondary N) is 1. The van der Waals surface area contributed by atoms with E-state index < -0.39 is 12.1 Å². The van der Waals surface area contributed by atoms with Crippen molar-refractivity contribution in [3.05, 3.63) is 23.2 Å². The molecule has 1 aromatic heterocycles. The second kappa shape index (κ2) is 5.48. The lowest BCUT2D eigenvalue weighted by molar-refractivity contribution is -0.182. The van der Waals surface area contributed by atoms with Crippen LogP contribution >= 0.6 is 11.3 Å². The Hall–Kier alpha value is -1.30.